The van der Waals surface area contributed by atoms with E-state index in [1.54, 1.807) is 16.9 Å². The molecule has 0 radical (unpaired) electrons. The van der Waals surface area contributed by atoms with Gasteiger partial charge in [0.15, 0.2) is 0 Å². The predicted molar refractivity (Wildman–Crippen MR) is 68.4 cm³/mol. The molecule has 0 spiro atoms. The second kappa shape index (κ2) is 4.44. The summed E-state index contributed by atoms with van der Waals surface area (Å²) in [5.41, 5.74) is 8.19. The summed E-state index contributed by atoms with van der Waals surface area (Å²) in [5.74, 6) is -1.17. The van der Waals surface area contributed by atoms with E-state index in [1.165, 1.54) is 12.1 Å². The number of fused-ring (bicyclic) bond motifs is 1. The molecule has 1 aromatic carbocycles. The topological polar surface area (TPSA) is 43.3 Å². The zero-order chi connectivity index (χ0) is 13.4. The van der Waals surface area contributed by atoms with Gasteiger partial charge in [0.25, 0.3) is 0 Å². The number of benzene rings is 1. The zero-order valence-corrected chi connectivity index (χ0v) is 9.98. The van der Waals surface area contributed by atoms with Gasteiger partial charge in [0.1, 0.15) is 11.6 Å². The van der Waals surface area contributed by atoms with Crippen LogP contribution >= 0.6 is 0 Å². The Morgan fingerprint density at radius 3 is 2.74 bits per heavy atom. The van der Waals surface area contributed by atoms with E-state index in [0.29, 0.717) is 17.7 Å². The molecule has 0 amide bonds. The summed E-state index contributed by atoms with van der Waals surface area (Å²) in [5, 5.41) is 0. The lowest BCUT2D eigenvalue weighted by Gasteiger charge is -1.99. The standard InChI is InChI=1S/C14H11F2N3/c15-10-1-2-13(14(16)4-10)9-3-12-5-11(6-17)18-8-19(12)7-9/h1-5,7-8H,6,17H2. The maximum absolute atomic E-state index is 13.7. The van der Waals surface area contributed by atoms with Crippen LogP contribution in [0.3, 0.4) is 0 Å². The van der Waals surface area contributed by atoms with Crippen molar-refractivity contribution in [1.29, 1.82) is 0 Å². The summed E-state index contributed by atoms with van der Waals surface area (Å²) in [4.78, 5) is 4.15. The molecule has 0 aliphatic heterocycles. The van der Waals surface area contributed by atoms with E-state index in [4.69, 9.17) is 5.73 Å². The van der Waals surface area contributed by atoms with E-state index in [9.17, 15) is 8.78 Å². The quantitative estimate of drug-likeness (QED) is 0.769. The fraction of sp³-hybridized carbons (Fsp3) is 0.0714. The molecule has 3 aromatic rings. The Balaban J connectivity index is 2.14. The first-order valence-corrected chi connectivity index (χ1v) is 5.79. The molecular weight excluding hydrogens is 248 g/mol. The van der Waals surface area contributed by atoms with Gasteiger partial charge in [-0.3, -0.25) is 0 Å². The predicted octanol–water partition coefficient (Wildman–Crippen LogP) is 2.74. The maximum Gasteiger partial charge on any atom is 0.133 e. The fourth-order valence-electron chi connectivity index (χ4n) is 2.04. The van der Waals surface area contributed by atoms with Crippen LogP contribution < -0.4 is 5.73 Å². The number of hydrogen-bond acceptors (Lipinski definition) is 2. The first-order valence-electron chi connectivity index (χ1n) is 5.79. The summed E-state index contributed by atoms with van der Waals surface area (Å²) in [6.45, 7) is 0.349. The number of nitrogens with zero attached hydrogens (tertiary/aromatic N) is 2. The SMILES string of the molecule is NCc1cc2cc(-c3ccc(F)cc3F)cn2cn1. The largest absolute Gasteiger partial charge is 0.325 e. The minimum atomic E-state index is -0.586. The second-order valence-electron chi connectivity index (χ2n) is 4.27. The van der Waals surface area contributed by atoms with Gasteiger partial charge in [0.05, 0.1) is 12.0 Å². The molecule has 3 nitrogen and oxygen atoms in total. The first-order chi connectivity index (χ1) is 9.17. The van der Waals surface area contributed by atoms with Gasteiger partial charge in [0.2, 0.25) is 0 Å². The Morgan fingerprint density at radius 1 is 1.16 bits per heavy atom. The third kappa shape index (κ3) is 2.08. The lowest BCUT2D eigenvalue weighted by atomic mass is 10.1. The van der Waals surface area contributed by atoms with Crippen molar-refractivity contribution in [2.24, 2.45) is 5.73 Å². The average molecular weight is 259 g/mol. The summed E-state index contributed by atoms with van der Waals surface area (Å²) < 4.78 is 28.4. The summed E-state index contributed by atoms with van der Waals surface area (Å²) in [7, 11) is 0. The molecule has 0 aliphatic carbocycles. The second-order valence-corrected chi connectivity index (χ2v) is 4.27. The molecule has 3 rings (SSSR count). The average Bonchev–Trinajstić information content (AvgIpc) is 2.80. The molecule has 19 heavy (non-hydrogen) atoms. The molecule has 0 saturated heterocycles. The van der Waals surface area contributed by atoms with Crippen LogP contribution in [0, 0.1) is 11.6 Å². The molecule has 0 aliphatic rings. The van der Waals surface area contributed by atoms with E-state index in [0.717, 1.165) is 17.3 Å². The third-order valence-electron chi connectivity index (χ3n) is 2.99. The van der Waals surface area contributed by atoms with Crippen molar-refractivity contribution < 1.29 is 8.78 Å². The summed E-state index contributed by atoms with van der Waals surface area (Å²) in [6.07, 6.45) is 3.38. The highest BCUT2D eigenvalue weighted by Gasteiger charge is 2.09. The number of hydrogen-bond donors (Lipinski definition) is 1. The number of rotatable bonds is 2. The van der Waals surface area contributed by atoms with Crippen LogP contribution in [-0.4, -0.2) is 9.38 Å². The van der Waals surface area contributed by atoms with Crippen molar-refractivity contribution in [3.05, 3.63) is 60.2 Å². The number of halogens is 2. The van der Waals surface area contributed by atoms with Crippen LogP contribution in [0.25, 0.3) is 16.6 Å². The molecule has 2 aromatic heterocycles. The van der Waals surface area contributed by atoms with Gasteiger partial charge in [-0.25, -0.2) is 13.8 Å². The van der Waals surface area contributed by atoms with E-state index >= 15 is 0 Å². The Kier molecular flexibility index (Phi) is 2.76. The smallest absolute Gasteiger partial charge is 0.133 e. The van der Waals surface area contributed by atoms with Crippen molar-refractivity contribution in [2.75, 3.05) is 0 Å². The number of aromatic nitrogens is 2. The monoisotopic (exact) mass is 259 g/mol. The third-order valence-corrected chi connectivity index (χ3v) is 2.99. The van der Waals surface area contributed by atoms with E-state index in [2.05, 4.69) is 4.98 Å². The van der Waals surface area contributed by atoms with Gasteiger partial charge < -0.3 is 10.1 Å². The van der Waals surface area contributed by atoms with Crippen LogP contribution in [0.1, 0.15) is 5.69 Å². The molecule has 96 valence electrons. The van der Waals surface area contributed by atoms with Crippen molar-refractivity contribution in [2.45, 2.75) is 6.54 Å². The lowest BCUT2D eigenvalue weighted by molar-refractivity contribution is 0.585. The Hall–Kier alpha value is -2.27. The van der Waals surface area contributed by atoms with Gasteiger partial charge in [0, 0.05) is 35.5 Å². The maximum atomic E-state index is 13.7. The molecule has 0 fully saturated rings. The molecule has 0 saturated carbocycles. The van der Waals surface area contributed by atoms with Crippen LogP contribution in [0.4, 0.5) is 8.78 Å². The lowest BCUT2D eigenvalue weighted by Crippen LogP contribution is -2.00. The molecular formula is C14H11F2N3. The van der Waals surface area contributed by atoms with Gasteiger partial charge >= 0.3 is 0 Å². The van der Waals surface area contributed by atoms with Crippen molar-refractivity contribution in [3.63, 3.8) is 0 Å². The normalized spacial score (nSPS) is 11.1. The van der Waals surface area contributed by atoms with Gasteiger partial charge in [-0.05, 0) is 24.3 Å². The van der Waals surface area contributed by atoms with Crippen molar-refractivity contribution in [3.8, 4) is 11.1 Å². The summed E-state index contributed by atoms with van der Waals surface area (Å²) >= 11 is 0. The Bertz CT molecular complexity index is 750. The molecule has 5 heteroatoms. The molecule has 2 heterocycles. The molecule has 2 N–H and O–H groups in total. The van der Waals surface area contributed by atoms with Gasteiger partial charge in [-0.1, -0.05) is 0 Å². The van der Waals surface area contributed by atoms with Crippen LogP contribution in [0.5, 0.6) is 0 Å². The highest BCUT2D eigenvalue weighted by molar-refractivity contribution is 5.70. The fourth-order valence-corrected chi connectivity index (χ4v) is 2.04. The Morgan fingerprint density at radius 2 is 2.00 bits per heavy atom. The molecule has 0 unspecified atom stereocenters. The zero-order valence-electron chi connectivity index (χ0n) is 9.98. The molecule has 0 atom stereocenters. The van der Waals surface area contributed by atoms with Gasteiger partial charge in [-0.15, -0.1) is 0 Å². The van der Waals surface area contributed by atoms with Crippen LogP contribution in [0.15, 0.2) is 42.9 Å². The highest BCUT2D eigenvalue weighted by atomic mass is 19.1. The molecule has 0 bridgehead atoms. The summed E-state index contributed by atoms with van der Waals surface area (Å²) in [6, 6.07) is 7.20. The van der Waals surface area contributed by atoms with Crippen LogP contribution in [0.2, 0.25) is 0 Å². The van der Waals surface area contributed by atoms with E-state index in [-0.39, 0.29) is 0 Å². The minimum absolute atomic E-state index is 0.349. The Labute approximate surface area is 108 Å². The highest BCUT2D eigenvalue weighted by Crippen LogP contribution is 2.25. The number of nitrogens with two attached hydrogens (primary N) is 1. The van der Waals surface area contributed by atoms with Crippen molar-refractivity contribution >= 4 is 5.52 Å². The van der Waals surface area contributed by atoms with Crippen molar-refractivity contribution in [1.82, 2.24) is 9.38 Å². The van der Waals surface area contributed by atoms with E-state index < -0.39 is 11.6 Å². The van der Waals surface area contributed by atoms with Gasteiger partial charge in [-0.2, -0.15) is 0 Å². The van der Waals surface area contributed by atoms with E-state index in [1.807, 2.05) is 12.1 Å². The first kappa shape index (κ1) is 11.8. The van der Waals surface area contributed by atoms with Crippen LogP contribution in [-0.2, 0) is 6.54 Å². The minimum Gasteiger partial charge on any atom is -0.325 e.